The van der Waals surface area contributed by atoms with Crippen LogP contribution in [0.4, 0.5) is 35.0 Å². The molecule has 0 aromatic heterocycles. The molecule has 0 heterocycles. The molecule has 3 amide bonds. The number of methoxy groups -OCH3 is 2. The highest BCUT2D eigenvalue weighted by molar-refractivity contribution is 6.00. The monoisotopic (exact) mass is 471 g/mol. The SMILES string of the molecule is CC.COC(C)(C)C.COc1ccc(C(F)(F)F)cc1NC(=O)Nc1ccc(NC=O)cc1. The van der Waals surface area contributed by atoms with E-state index in [4.69, 9.17) is 9.47 Å². The number of hydrogen-bond acceptors (Lipinski definition) is 4. The summed E-state index contributed by atoms with van der Waals surface area (Å²) >= 11 is 0. The smallest absolute Gasteiger partial charge is 0.416 e. The highest BCUT2D eigenvalue weighted by atomic mass is 19.4. The molecule has 0 unspecified atom stereocenters. The molecule has 3 N–H and O–H groups in total. The van der Waals surface area contributed by atoms with Crippen molar-refractivity contribution in [2.24, 2.45) is 0 Å². The second-order valence-corrected chi connectivity index (χ2v) is 7.15. The highest BCUT2D eigenvalue weighted by Gasteiger charge is 2.31. The third-order valence-corrected chi connectivity index (χ3v) is 3.76. The van der Waals surface area contributed by atoms with E-state index < -0.39 is 17.8 Å². The maximum absolute atomic E-state index is 12.8. The number of rotatable bonds is 5. The molecule has 2 aromatic carbocycles. The van der Waals surface area contributed by atoms with Crippen LogP contribution in [-0.4, -0.2) is 32.3 Å². The minimum atomic E-state index is -4.54. The molecule has 33 heavy (non-hydrogen) atoms. The average Bonchev–Trinajstić information content (AvgIpc) is 2.76. The van der Waals surface area contributed by atoms with E-state index in [1.165, 1.54) is 19.2 Å². The molecule has 184 valence electrons. The third-order valence-electron chi connectivity index (χ3n) is 3.76. The summed E-state index contributed by atoms with van der Waals surface area (Å²) in [7, 11) is 2.99. The van der Waals surface area contributed by atoms with Crippen LogP contribution in [0.15, 0.2) is 42.5 Å². The summed E-state index contributed by atoms with van der Waals surface area (Å²) in [6, 6.07) is 8.18. The molecule has 0 atom stereocenters. The third kappa shape index (κ3) is 11.8. The number of benzene rings is 2. The van der Waals surface area contributed by atoms with Crippen molar-refractivity contribution in [1.82, 2.24) is 0 Å². The fourth-order valence-corrected chi connectivity index (χ4v) is 1.98. The van der Waals surface area contributed by atoms with Crippen LogP contribution < -0.4 is 20.7 Å². The van der Waals surface area contributed by atoms with E-state index in [0.717, 1.165) is 18.2 Å². The number of ether oxygens (including phenoxy) is 2. The Morgan fingerprint density at radius 1 is 0.909 bits per heavy atom. The van der Waals surface area contributed by atoms with Crippen molar-refractivity contribution >= 4 is 29.5 Å². The number of alkyl halides is 3. The van der Waals surface area contributed by atoms with Gasteiger partial charge in [-0.15, -0.1) is 0 Å². The number of hydrogen-bond donors (Lipinski definition) is 3. The van der Waals surface area contributed by atoms with Gasteiger partial charge in [-0.05, 0) is 63.2 Å². The lowest BCUT2D eigenvalue weighted by molar-refractivity contribution is -0.137. The predicted molar refractivity (Wildman–Crippen MR) is 125 cm³/mol. The van der Waals surface area contributed by atoms with Crippen molar-refractivity contribution in [3.63, 3.8) is 0 Å². The van der Waals surface area contributed by atoms with Crippen molar-refractivity contribution in [1.29, 1.82) is 0 Å². The van der Waals surface area contributed by atoms with Gasteiger partial charge in [-0.25, -0.2) is 4.79 Å². The van der Waals surface area contributed by atoms with Gasteiger partial charge in [-0.3, -0.25) is 4.79 Å². The Kier molecular flexibility index (Phi) is 12.6. The van der Waals surface area contributed by atoms with E-state index in [-0.39, 0.29) is 17.0 Å². The molecule has 0 spiro atoms. The Balaban J connectivity index is 0.00000111. The Morgan fingerprint density at radius 2 is 1.42 bits per heavy atom. The fourth-order valence-electron chi connectivity index (χ4n) is 1.98. The zero-order chi connectivity index (χ0) is 25.7. The first-order valence-electron chi connectivity index (χ1n) is 10.1. The number of urea groups is 1. The lowest BCUT2D eigenvalue weighted by Gasteiger charge is -2.14. The zero-order valence-electron chi connectivity index (χ0n) is 19.9. The molecular formula is C23H32F3N3O4. The standard InChI is InChI=1S/C16H14F3N3O3.C5H12O.C2H6/c1-25-14-7-2-10(16(17,18)19)8-13(14)22-15(24)21-12-5-3-11(4-6-12)20-9-23;1-5(2,3)6-4;1-2/h2-9H,1H3,(H,20,23)(H2,21,22,24);1-4H3;1-2H3. The zero-order valence-corrected chi connectivity index (χ0v) is 19.9. The number of halogens is 3. The summed E-state index contributed by atoms with van der Waals surface area (Å²) < 4.78 is 48.3. The topological polar surface area (TPSA) is 88.7 Å². The molecule has 0 saturated carbocycles. The molecule has 0 saturated heterocycles. The van der Waals surface area contributed by atoms with Crippen LogP contribution in [0.2, 0.25) is 0 Å². The maximum Gasteiger partial charge on any atom is 0.416 e. The van der Waals surface area contributed by atoms with Crippen molar-refractivity contribution in [2.75, 3.05) is 30.2 Å². The highest BCUT2D eigenvalue weighted by Crippen LogP contribution is 2.35. The first-order valence-corrected chi connectivity index (χ1v) is 10.1. The van der Waals surface area contributed by atoms with E-state index in [0.29, 0.717) is 17.8 Å². The molecule has 0 aliphatic heterocycles. The summed E-state index contributed by atoms with van der Waals surface area (Å²) in [4.78, 5) is 22.3. The summed E-state index contributed by atoms with van der Waals surface area (Å²) in [5, 5.41) is 7.21. The van der Waals surface area contributed by atoms with E-state index in [2.05, 4.69) is 16.0 Å². The molecule has 0 radical (unpaired) electrons. The van der Waals surface area contributed by atoms with Gasteiger partial charge in [0, 0.05) is 18.5 Å². The minimum absolute atomic E-state index is 0.0417. The molecule has 0 aliphatic carbocycles. The molecule has 0 bridgehead atoms. The second kappa shape index (κ2) is 14.0. The van der Waals surface area contributed by atoms with Gasteiger partial charge in [-0.1, -0.05) is 13.8 Å². The van der Waals surface area contributed by atoms with Crippen molar-refractivity contribution in [3.8, 4) is 5.75 Å². The van der Waals surface area contributed by atoms with Gasteiger partial charge in [0.25, 0.3) is 0 Å². The number of carbonyl (C=O) groups excluding carboxylic acids is 2. The molecular weight excluding hydrogens is 439 g/mol. The summed E-state index contributed by atoms with van der Waals surface area (Å²) in [5.74, 6) is 0.0914. The molecule has 2 aromatic rings. The van der Waals surface area contributed by atoms with Crippen molar-refractivity contribution in [3.05, 3.63) is 48.0 Å². The van der Waals surface area contributed by atoms with Gasteiger partial charge in [0.15, 0.2) is 0 Å². The van der Waals surface area contributed by atoms with Crippen LogP contribution in [0.3, 0.4) is 0 Å². The number of carbonyl (C=O) groups is 2. The lowest BCUT2D eigenvalue weighted by atomic mass is 10.2. The summed E-state index contributed by atoms with van der Waals surface area (Å²) in [5.41, 5.74) is -0.0673. The second-order valence-electron chi connectivity index (χ2n) is 7.15. The first-order chi connectivity index (χ1) is 15.4. The Bertz CT molecular complexity index is 865. The summed E-state index contributed by atoms with van der Waals surface area (Å²) in [6.45, 7) is 10.1. The van der Waals surface area contributed by atoms with Crippen LogP contribution >= 0.6 is 0 Å². The first kappa shape index (κ1) is 29.7. The van der Waals surface area contributed by atoms with E-state index in [9.17, 15) is 22.8 Å². The molecule has 2 rings (SSSR count). The normalized spacial score (nSPS) is 10.5. The van der Waals surface area contributed by atoms with E-state index in [1.807, 2.05) is 34.6 Å². The van der Waals surface area contributed by atoms with Gasteiger partial charge in [0.05, 0.1) is 24.0 Å². The van der Waals surface area contributed by atoms with Crippen LogP contribution in [0.1, 0.15) is 40.2 Å². The lowest BCUT2D eigenvalue weighted by Crippen LogP contribution is -2.20. The number of anilines is 3. The van der Waals surface area contributed by atoms with Gasteiger partial charge in [0.1, 0.15) is 5.75 Å². The van der Waals surface area contributed by atoms with Crippen LogP contribution in [0, 0.1) is 0 Å². The average molecular weight is 472 g/mol. The molecule has 0 aliphatic rings. The number of amides is 3. The van der Waals surface area contributed by atoms with E-state index in [1.54, 1.807) is 19.2 Å². The van der Waals surface area contributed by atoms with Crippen LogP contribution in [-0.2, 0) is 15.7 Å². The summed E-state index contributed by atoms with van der Waals surface area (Å²) in [6.07, 6.45) is -4.03. The predicted octanol–water partition coefficient (Wildman–Crippen LogP) is 6.38. The van der Waals surface area contributed by atoms with Crippen molar-refractivity contribution < 1.29 is 32.2 Å². The van der Waals surface area contributed by atoms with Gasteiger partial charge < -0.3 is 25.4 Å². The molecule has 10 heteroatoms. The van der Waals surface area contributed by atoms with Crippen LogP contribution in [0.25, 0.3) is 0 Å². The Morgan fingerprint density at radius 3 is 1.85 bits per heavy atom. The maximum atomic E-state index is 12.8. The van der Waals surface area contributed by atoms with Gasteiger partial charge in [-0.2, -0.15) is 13.2 Å². The number of nitrogens with one attached hydrogen (secondary N) is 3. The van der Waals surface area contributed by atoms with Gasteiger partial charge in [0.2, 0.25) is 6.41 Å². The quantitative estimate of drug-likeness (QED) is 0.441. The molecule has 7 nitrogen and oxygen atoms in total. The van der Waals surface area contributed by atoms with Gasteiger partial charge >= 0.3 is 12.2 Å². The van der Waals surface area contributed by atoms with Crippen molar-refractivity contribution in [2.45, 2.75) is 46.4 Å². The molecule has 0 fully saturated rings. The Hall–Kier alpha value is -3.27. The minimum Gasteiger partial charge on any atom is -0.495 e. The fraction of sp³-hybridized carbons (Fsp3) is 0.391. The largest absolute Gasteiger partial charge is 0.495 e. The Labute approximate surface area is 192 Å². The van der Waals surface area contributed by atoms with Crippen LogP contribution in [0.5, 0.6) is 5.75 Å². The van der Waals surface area contributed by atoms with E-state index >= 15 is 0 Å².